The van der Waals surface area contributed by atoms with Crippen LogP contribution in [-0.2, 0) is 0 Å². The van der Waals surface area contributed by atoms with Crippen LogP contribution < -0.4 is 10.6 Å². The minimum atomic E-state index is -0.260. The first-order valence-electron chi connectivity index (χ1n) is 5.17. The highest BCUT2D eigenvalue weighted by molar-refractivity contribution is 5.55. The molecule has 0 aliphatic heterocycles. The molecule has 1 aromatic carbocycles. The van der Waals surface area contributed by atoms with Gasteiger partial charge in [-0.15, -0.1) is 0 Å². The minimum absolute atomic E-state index is 0.0818. The van der Waals surface area contributed by atoms with E-state index in [1.165, 1.54) is 6.07 Å². The maximum Gasteiger partial charge on any atom is 0.122 e. The highest BCUT2D eigenvalue weighted by Gasteiger charge is 2.10. The van der Waals surface area contributed by atoms with E-state index in [1.807, 2.05) is 12.1 Å². The molecule has 0 bridgehead atoms. The van der Waals surface area contributed by atoms with Crippen molar-refractivity contribution in [1.82, 2.24) is 0 Å². The van der Waals surface area contributed by atoms with Crippen molar-refractivity contribution in [3.05, 3.63) is 23.8 Å². The van der Waals surface area contributed by atoms with E-state index >= 15 is 0 Å². The van der Waals surface area contributed by atoms with Gasteiger partial charge in [-0.05, 0) is 13.0 Å². The molecule has 1 unspecified atom stereocenters. The van der Waals surface area contributed by atoms with E-state index in [2.05, 4.69) is 0 Å². The average Bonchev–Trinajstić information content (AvgIpc) is 2.28. The van der Waals surface area contributed by atoms with E-state index in [-0.39, 0.29) is 24.9 Å². The summed E-state index contributed by atoms with van der Waals surface area (Å²) in [4.78, 5) is 1.57. The SMILES string of the molecule is CC(N)c1ccc(N(CC#N)CC#N)cc1O. The lowest BCUT2D eigenvalue weighted by molar-refractivity contribution is 0.464. The highest BCUT2D eigenvalue weighted by atomic mass is 16.3. The minimum Gasteiger partial charge on any atom is -0.508 e. The zero-order valence-electron chi connectivity index (χ0n) is 9.59. The summed E-state index contributed by atoms with van der Waals surface area (Å²) in [7, 11) is 0. The second-order valence-corrected chi connectivity index (χ2v) is 3.70. The lowest BCUT2D eigenvalue weighted by Crippen LogP contribution is -2.23. The largest absolute Gasteiger partial charge is 0.508 e. The van der Waals surface area contributed by atoms with Crippen molar-refractivity contribution in [2.24, 2.45) is 5.73 Å². The van der Waals surface area contributed by atoms with Gasteiger partial charge in [-0.1, -0.05) is 6.07 Å². The van der Waals surface area contributed by atoms with Gasteiger partial charge in [-0.2, -0.15) is 10.5 Å². The van der Waals surface area contributed by atoms with Crippen molar-refractivity contribution in [2.45, 2.75) is 13.0 Å². The number of phenols is 1. The molecule has 0 aliphatic rings. The smallest absolute Gasteiger partial charge is 0.122 e. The van der Waals surface area contributed by atoms with Gasteiger partial charge in [0, 0.05) is 23.4 Å². The Morgan fingerprint density at radius 2 is 1.94 bits per heavy atom. The number of hydrogen-bond donors (Lipinski definition) is 2. The zero-order valence-corrected chi connectivity index (χ0v) is 9.59. The molecule has 0 saturated heterocycles. The molecule has 0 fully saturated rings. The van der Waals surface area contributed by atoms with Crippen molar-refractivity contribution >= 4 is 5.69 Å². The molecule has 0 heterocycles. The number of benzene rings is 1. The first kappa shape index (κ1) is 12.8. The fraction of sp³-hybridized carbons (Fsp3) is 0.333. The van der Waals surface area contributed by atoms with E-state index in [9.17, 15) is 5.11 Å². The Labute approximate surface area is 100 Å². The Morgan fingerprint density at radius 1 is 1.35 bits per heavy atom. The Morgan fingerprint density at radius 3 is 2.35 bits per heavy atom. The summed E-state index contributed by atoms with van der Waals surface area (Å²) in [6, 6.07) is 8.66. The predicted molar refractivity (Wildman–Crippen MR) is 64.1 cm³/mol. The highest BCUT2D eigenvalue weighted by Crippen LogP contribution is 2.27. The van der Waals surface area contributed by atoms with Crippen molar-refractivity contribution in [1.29, 1.82) is 10.5 Å². The molecule has 0 radical (unpaired) electrons. The standard InChI is InChI=1S/C12H14N4O/c1-9(15)11-3-2-10(8-12(11)17)16(6-4-13)7-5-14/h2-3,8-9,17H,6-7,15H2,1H3. The molecule has 1 rings (SSSR count). The van der Waals surface area contributed by atoms with Crippen molar-refractivity contribution in [3.8, 4) is 17.9 Å². The first-order chi connectivity index (χ1) is 8.10. The van der Waals surface area contributed by atoms with Gasteiger partial charge in [-0.3, -0.25) is 0 Å². The van der Waals surface area contributed by atoms with E-state index in [4.69, 9.17) is 16.3 Å². The maximum absolute atomic E-state index is 9.77. The summed E-state index contributed by atoms with van der Waals surface area (Å²) in [6.07, 6.45) is 0. The molecule has 1 atom stereocenters. The van der Waals surface area contributed by atoms with Gasteiger partial charge in [0.2, 0.25) is 0 Å². The van der Waals surface area contributed by atoms with Crippen LogP contribution in [0.1, 0.15) is 18.5 Å². The Hall–Kier alpha value is -2.24. The summed E-state index contributed by atoms with van der Waals surface area (Å²) >= 11 is 0. The van der Waals surface area contributed by atoms with Gasteiger partial charge in [0.1, 0.15) is 18.8 Å². The Bertz CT molecular complexity index is 454. The van der Waals surface area contributed by atoms with E-state index < -0.39 is 0 Å². The van der Waals surface area contributed by atoms with Crippen LogP contribution >= 0.6 is 0 Å². The third kappa shape index (κ3) is 3.10. The molecule has 0 spiro atoms. The Kier molecular flexibility index (Phi) is 4.33. The monoisotopic (exact) mass is 230 g/mol. The summed E-state index contributed by atoms with van der Waals surface area (Å²) in [5.41, 5.74) is 6.96. The predicted octanol–water partition coefficient (Wildman–Crippen LogP) is 1.27. The second kappa shape index (κ2) is 5.74. The molecule has 88 valence electrons. The van der Waals surface area contributed by atoms with Crippen LogP contribution in [-0.4, -0.2) is 18.2 Å². The van der Waals surface area contributed by atoms with Gasteiger partial charge in [0.25, 0.3) is 0 Å². The number of nitriles is 2. The zero-order chi connectivity index (χ0) is 12.8. The molecule has 5 heteroatoms. The fourth-order valence-corrected chi connectivity index (χ4v) is 1.52. The van der Waals surface area contributed by atoms with Crippen LogP contribution in [0.15, 0.2) is 18.2 Å². The number of hydrogen-bond acceptors (Lipinski definition) is 5. The van der Waals surface area contributed by atoms with Crippen LogP contribution in [0.3, 0.4) is 0 Å². The number of phenolic OH excluding ortho intramolecular Hbond substituents is 1. The molecular formula is C12H14N4O. The molecule has 0 amide bonds. The molecule has 0 aromatic heterocycles. The molecule has 0 aliphatic carbocycles. The topological polar surface area (TPSA) is 97.1 Å². The van der Waals surface area contributed by atoms with Gasteiger partial charge in [-0.25, -0.2) is 0 Å². The third-order valence-electron chi connectivity index (χ3n) is 2.39. The van der Waals surface area contributed by atoms with E-state index in [1.54, 1.807) is 24.0 Å². The number of aromatic hydroxyl groups is 1. The van der Waals surface area contributed by atoms with Gasteiger partial charge in [0.15, 0.2) is 0 Å². The van der Waals surface area contributed by atoms with Crippen LogP contribution in [0, 0.1) is 22.7 Å². The van der Waals surface area contributed by atoms with Crippen LogP contribution in [0.5, 0.6) is 5.75 Å². The summed E-state index contributed by atoms with van der Waals surface area (Å²) in [5, 5.41) is 27.1. The third-order valence-corrected chi connectivity index (χ3v) is 2.39. The maximum atomic E-state index is 9.77. The summed E-state index contributed by atoms with van der Waals surface area (Å²) in [6.45, 7) is 1.98. The van der Waals surface area contributed by atoms with Crippen molar-refractivity contribution in [2.75, 3.05) is 18.0 Å². The fourth-order valence-electron chi connectivity index (χ4n) is 1.52. The normalized spacial score (nSPS) is 11.3. The lowest BCUT2D eigenvalue weighted by Gasteiger charge is -2.19. The number of nitrogens with two attached hydrogens (primary N) is 1. The Balaban J connectivity index is 3.03. The summed E-state index contributed by atoms with van der Waals surface area (Å²) < 4.78 is 0. The molecular weight excluding hydrogens is 216 g/mol. The number of rotatable bonds is 4. The van der Waals surface area contributed by atoms with Crippen molar-refractivity contribution < 1.29 is 5.11 Å². The van der Waals surface area contributed by atoms with Gasteiger partial charge < -0.3 is 15.7 Å². The van der Waals surface area contributed by atoms with Gasteiger partial charge in [0.05, 0.1) is 12.1 Å². The molecule has 17 heavy (non-hydrogen) atoms. The molecule has 1 aromatic rings. The number of nitrogens with zero attached hydrogens (tertiary/aromatic N) is 3. The average molecular weight is 230 g/mol. The first-order valence-corrected chi connectivity index (χ1v) is 5.17. The van der Waals surface area contributed by atoms with E-state index in [0.29, 0.717) is 11.3 Å². The van der Waals surface area contributed by atoms with Crippen molar-refractivity contribution in [3.63, 3.8) is 0 Å². The number of anilines is 1. The molecule has 3 N–H and O–H groups in total. The molecule has 5 nitrogen and oxygen atoms in total. The lowest BCUT2D eigenvalue weighted by atomic mass is 10.1. The van der Waals surface area contributed by atoms with Crippen LogP contribution in [0.25, 0.3) is 0 Å². The van der Waals surface area contributed by atoms with Crippen LogP contribution in [0.4, 0.5) is 5.69 Å². The second-order valence-electron chi connectivity index (χ2n) is 3.70. The summed E-state index contributed by atoms with van der Waals surface area (Å²) in [5.74, 6) is 0.0818. The van der Waals surface area contributed by atoms with E-state index in [0.717, 1.165) is 0 Å². The quantitative estimate of drug-likeness (QED) is 0.759. The molecule has 0 saturated carbocycles. The van der Waals surface area contributed by atoms with Gasteiger partial charge >= 0.3 is 0 Å². The van der Waals surface area contributed by atoms with Crippen LogP contribution in [0.2, 0.25) is 0 Å².